The maximum atomic E-state index is 7.87. The summed E-state index contributed by atoms with van der Waals surface area (Å²) in [6.07, 6.45) is -4.64. The van der Waals surface area contributed by atoms with Crippen molar-refractivity contribution in [2.45, 2.75) is 37.5 Å². The molecule has 1 aliphatic heterocycles. The van der Waals surface area contributed by atoms with E-state index in [4.69, 9.17) is 19.7 Å². The summed E-state index contributed by atoms with van der Waals surface area (Å²) in [6.45, 7) is 0.785. The van der Waals surface area contributed by atoms with Gasteiger partial charge in [0.05, 0.1) is 19.3 Å². The van der Waals surface area contributed by atoms with Crippen LogP contribution in [0.3, 0.4) is 0 Å². The fraction of sp³-hybridized carbons (Fsp3) is 1.00. The SMILES string of the molecule is [2H]C1([2H])CC2(CC([2H])([2H])C1OC)OCCO2. The quantitative estimate of drug-likeness (QED) is 0.603. The molecule has 0 N–H and O–H groups in total. The predicted octanol–water partition coefficient (Wildman–Crippen LogP) is 1.32. The minimum Gasteiger partial charge on any atom is -0.381 e. The van der Waals surface area contributed by atoms with E-state index in [2.05, 4.69) is 0 Å². The molecule has 0 bridgehead atoms. The molecule has 1 saturated carbocycles. The maximum Gasteiger partial charge on any atom is 0.168 e. The molecular weight excluding hydrogens is 156 g/mol. The lowest BCUT2D eigenvalue weighted by Crippen LogP contribution is -2.37. The molecule has 3 heteroatoms. The number of hydrogen-bond donors (Lipinski definition) is 0. The molecule has 3 nitrogen and oxygen atoms in total. The summed E-state index contributed by atoms with van der Waals surface area (Å²) in [5, 5.41) is 0. The first kappa shape index (κ1) is 4.94. The minimum absolute atomic E-state index is 0.0119. The van der Waals surface area contributed by atoms with Gasteiger partial charge in [-0.05, 0) is 12.7 Å². The molecule has 0 aromatic carbocycles. The molecule has 0 amide bonds. The maximum absolute atomic E-state index is 7.87. The Morgan fingerprint density at radius 3 is 2.42 bits per heavy atom. The van der Waals surface area contributed by atoms with E-state index in [0.717, 1.165) is 0 Å². The van der Waals surface area contributed by atoms with Gasteiger partial charge in [-0.2, -0.15) is 0 Å². The van der Waals surface area contributed by atoms with Gasteiger partial charge in [-0.3, -0.25) is 0 Å². The first-order chi connectivity index (χ1) is 7.31. The van der Waals surface area contributed by atoms with Crippen LogP contribution >= 0.6 is 0 Å². The summed E-state index contributed by atoms with van der Waals surface area (Å²) in [6, 6.07) is 0. The van der Waals surface area contributed by atoms with Crippen LogP contribution in [-0.4, -0.2) is 32.2 Å². The highest BCUT2D eigenvalue weighted by molar-refractivity contribution is 4.82. The monoisotopic (exact) mass is 176 g/mol. The average Bonchev–Trinajstić information content (AvgIpc) is 2.48. The van der Waals surface area contributed by atoms with Crippen LogP contribution < -0.4 is 0 Å². The summed E-state index contributed by atoms with van der Waals surface area (Å²) in [4.78, 5) is 0. The second kappa shape index (κ2) is 3.32. The van der Waals surface area contributed by atoms with Crippen molar-refractivity contribution in [2.24, 2.45) is 0 Å². The van der Waals surface area contributed by atoms with Gasteiger partial charge in [0.2, 0.25) is 0 Å². The van der Waals surface area contributed by atoms with Crippen LogP contribution in [0, 0.1) is 0 Å². The van der Waals surface area contributed by atoms with Crippen molar-refractivity contribution in [3.05, 3.63) is 0 Å². The predicted molar refractivity (Wildman–Crippen MR) is 43.9 cm³/mol. The van der Waals surface area contributed by atoms with Crippen molar-refractivity contribution in [1.82, 2.24) is 0 Å². The topological polar surface area (TPSA) is 27.7 Å². The van der Waals surface area contributed by atoms with Crippen molar-refractivity contribution in [1.29, 1.82) is 0 Å². The third kappa shape index (κ3) is 1.49. The molecule has 0 atom stereocenters. The van der Waals surface area contributed by atoms with Crippen LogP contribution in [-0.2, 0) is 14.2 Å². The Bertz CT molecular complexity index is 256. The Morgan fingerprint density at radius 2 is 1.92 bits per heavy atom. The van der Waals surface area contributed by atoms with E-state index in [1.165, 1.54) is 7.11 Å². The Kier molecular flexibility index (Phi) is 1.37. The zero-order chi connectivity index (χ0) is 12.0. The lowest BCUT2D eigenvalue weighted by atomic mass is 9.92. The van der Waals surface area contributed by atoms with Gasteiger partial charge in [0.1, 0.15) is 0 Å². The van der Waals surface area contributed by atoms with Gasteiger partial charge in [0, 0.05) is 25.4 Å². The highest BCUT2D eigenvalue weighted by Gasteiger charge is 2.40. The Labute approximate surface area is 78.6 Å². The molecular formula is C9H16O3. The average molecular weight is 176 g/mol. The van der Waals surface area contributed by atoms with Gasteiger partial charge in [-0.1, -0.05) is 0 Å². The van der Waals surface area contributed by atoms with Crippen LogP contribution in [0.15, 0.2) is 0 Å². The lowest BCUT2D eigenvalue weighted by molar-refractivity contribution is -0.189. The van der Waals surface area contributed by atoms with Crippen LogP contribution in [0.2, 0.25) is 0 Å². The smallest absolute Gasteiger partial charge is 0.168 e. The summed E-state index contributed by atoms with van der Waals surface area (Å²) in [7, 11) is 1.33. The molecule has 12 heavy (non-hydrogen) atoms. The third-order valence-electron chi connectivity index (χ3n) is 2.16. The molecule has 1 spiro atoms. The minimum atomic E-state index is -1.79. The van der Waals surface area contributed by atoms with E-state index in [0.29, 0.717) is 13.2 Å². The highest BCUT2D eigenvalue weighted by atomic mass is 16.7. The van der Waals surface area contributed by atoms with Gasteiger partial charge >= 0.3 is 0 Å². The molecule has 1 saturated heterocycles. The first-order valence-corrected chi connectivity index (χ1v) is 4.12. The van der Waals surface area contributed by atoms with E-state index in [9.17, 15) is 0 Å². The summed E-state index contributed by atoms with van der Waals surface area (Å²) >= 11 is 0. The molecule has 2 rings (SSSR count). The summed E-state index contributed by atoms with van der Waals surface area (Å²) in [5.41, 5.74) is 0. The second-order valence-electron chi connectivity index (χ2n) is 2.99. The van der Waals surface area contributed by atoms with Crippen LogP contribution in [0.5, 0.6) is 0 Å². The summed E-state index contributed by atoms with van der Waals surface area (Å²) < 4.78 is 47.2. The molecule has 2 fully saturated rings. The molecule has 0 aromatic heterocycles. The molecule has 0 aromatic rings. The lowest BCUT2D eigenvalue weighted by Gasteiger charge is -2.34. The van der Waals surface area contributed by atoms with Gasteiger partial charge in [0.25, 0.3) is 0 Å². The molecule has 70 valence electrons. The Morgan fingerprint density at radius 1 is 1.33 bits per heavy atom. The van der Waals surface area contributed by atoms with Crippen molar-refractivity contribution >= 4 is 0 Å². The van der Waals surface area contributed by atoms with Crippen molar-refractivity contribution in [3.63, 3.8) is 0 Å². The van der Waals surface area contributed by atoms with E-state index >= 15 is 0 Å². The fourth-order valence-electron chi connectivity index (χ4n) is 1.50. The standard InChI is InChI=1S/C9H16O3/c1-10-8-2-4-9(5-3-8)11-6-7-12-9/h8H,2-7H2,1H3/i2D2,3D2. The number of methoxy groups -OCH3 is 1. The number of ether oxygens (including phenoxy) is 3. The van der Waals surface area contributed by atoms with Crippen molar-refractivity contribution in [3.8, 4) is 0 Å². The van der Waals surface area contributed by atoms with E-state index in [-0.39, 0.29) is 12.8 Å². The van der Waals surface area contributed by atoms with Crippen LogP contribution in [0.25, 0.3) is 0 Å². The molecule has 1 heterocycles. The normalized spacial score (nSPS) is 43.1. The molecule has 1 aliphatic carbocycles. The molecule has 0 radical (unpaired) electrons. The first-order valence-electron chi connectivity index (χ1n) is 6.12. The zero-order valence-electron chi connectivity index (χ0n) is 11.1. The Balaban J connectivity index is 2.27. The van der Waals surface area contributed by atoms with Gasteiger partial charge in [-0.25, -0.2) is 0 Å². The van der Waals surface area contributed by atoms with Gasteiger partial charge < -0.3 is 14.2 Å². The Hall–Kier alpha value is -0.120. The third-order valence-corrected chi connectivity index (χ3v) is 2.16. The van der Waals surface area contributed by atoms with E-state index in [1.54, 1.807) is 0 Å². The highest BCUT2D eigenvalue weighted by Crippen LogP contribution is 2.36. The largest absolute Gasteiger partial charge is 0.381 e. The molecule has 2 aliphatic rings. The zero-order valence-corrected chi connectivity index (χ0v) is 7.13. The number of hydrogen-bond acceptors (Lipinski definition) is 3. The summed E-state index contributed by atoms with van der Waals surface area (Å²) in [5.74, 6) is -1.11. The molecule has 0 unspecified atom stereocenters. The van der Waals surface area contributed by atoms with Gasteiger partial charge in [-0.15, -0.1) is 0 Å². The van der Waals surface area contributed by atoms with E-state index < -0.39 is 24.6 Å². The second-order valence-corrected chi connectivity index (χ2v) is 2.99. The van der Waals surface area contributed by atoms with E-state index in [1.807, 2.05) is 0 Å². The van der Waals surface area contributed by atoms with Crippen molar-refractivity contribution in [2.75, 3.05) is 20.3 Å². The van der Waals surface area contributed by atoms with Gasteiger partial charge in [0.15, 0.2) is 5.79 Å². The van der Waals surface area contributed by atoms with Crippen molar-refractivity contribution < 1.29 is 19.7 Å². The fourth-order valence-corrected chi connectivity index (χ4v) is 1.50. The van der Waals surface area contributed by atoms with Crippen LogP contribution in [0.1, 0.15) is 31.1 Å². The van der Waals surface area contributed by atoms with Crippen LogP contribution in [0.4, 0.5) is 0 Å². The number of rotatable bonds is 1.